The Balaban J connectivity index is 1.40. The molecule has 3 aromatic rings. The lowest BCUT2D eigenvalue weighted by molar-refractivity contribution is -0.118. The Kier molecular flexibility index (Phi) is 6.29. The fourth-order valence-electron chi connectivity index (χ4n) is 4.77. The molecule has 1 fully saturated rings. The van der Waals surface area contributed by atoms with Crippen LogP contribution in [0.5, 0.6) is 0 Å². The van der Waals surface area contributed by atoms with Gasteiger partial charge in [-0.15, -0.1) is 0 Å². The van der Waals surface area contributed by atoms with Crippen molar-refractivity contribution < 1.29 is 4.79 Å². The van der Waals surface area contributed by atoms with E-state index in [2.05, 4.69) is 54.0 Å². The Morgan fingerprint density at radius 2 is 1.62 bits per heavy atom. The summed E-state index contributed by atoms with van der Waals surface area (Å²) in [6.07, 6.45) is 0.604. The number of amides is 1. The van der Waals surface area contributed by atoms with Gasteiger partial charge in [0.2, 0.25) is 5.96 Å². The third-order valence-electron chi connectivity index (χ3n) is 6.58. The number of aryl methyl sites for hydroxylation is 2. The van der Waals surface area contributed by atoms with E-state index in [1.165, 1.54) is 11.3 Å². The van der Waals surface area contributed by atoms with Gasteiger partial charge in [0.25, 0.3) is 5.91 Å². The quantitative estimate of drug-likeness (QED) is 0.530. The Labute approximate surface area is 206 Å². The first-order valence-electron chi connectivity index (χ1n) is 11.8. The molecule has 2 aliphatic heterocycles. The first kappa shape index (κ1) is 22.5. The Morgan fingerprint density at radius 3 is 2.35 bits per heavy atom. The molecular formula is C28H29ClN4O. The van der Waals surface area contributed by atoms with E-state index in [1.54, 1.807) is 0 Å². The smallest absolute Gasteiger partial charge is 0.259 e. The highest BCUT2D eigenvalue weighted by atomic mass is 35.5. The van der Waals surface area contributed by atoms with Gasteiger partial charge in [-0.1, -0.05) is 60.1 Å². The van der Waals surface area contributed by atoms with Crippen LogP contribution < -0.4 is 9.80 Å². The zero-order valence-corrected chi connectivity index (χ0v) is 20.4. The number of halogens is 1. The second-order valence-corrected chi connectivity index (χ2v) is 9.49. The standard InChI is InChI=1S/C28H29ClN4O/c1-20-7-6-10-24(17-20)33-27(34)25(18-22-8-4-3-5-9-22)30-28(33)32-15-13-31(14-16-32)26-19-23(29)12-11-21(26)2/h3-12,17,19,25H,13-16,18H2,1-2H3. The summed E-state index contributed by atoms with van der Waals surface area (Å²) in [4.78, 5) is 25.0. The molecule has 34 heavy (non-hydrogen) atoms. The summed E-state index contributed by atoms with van der Waals surface area (Å²) in [5, 5.41) is 0.753. The molecule has 0 N–H and O–H groups in total. The lowest BCUT2D eigenvalue weighted by atomic mass is 10.1. The molecule has 5 rings (SSSR count). The molecule has 3 aromatic carbocycles. The van der Waals surface area contributed by atoms with Crippen LogP contribution in [-0.4, -0.2) is 49.0 Å². The predicted molar refractivity (Wildman–Crippen MR) is 140 cm³/mol. The van der Waals surface area contributed by atoms with Crippen molar-refractivity contribution >= 4 is 34.8 Å². The van der Waals surface area contributed by atoms with E-state index >= 15 is 0 Å². The number of piperazine rings is 1. The molecule has 1 unspecified atom stereocenters. The van der Waals surface area contributed by atoms with E-state index in [4.69, 9.17) is 16.6 Å². The molecule has 0 aromatic heterocycles. The SMILES string of the molecule is Cc1cccc(N2C(=O)C(Cc3ccccc3)N=C2N2CCN(c3cc(Cl)ccc3C)CC2)c1. The summed E-state index contributed by atoms with van der Waals surface area (Å²) in [6, 6.07) is 23.9. The molecule has 2 aliphatic rings. The summed E-state index contributed by atoms with van der Waals surface area (Å²) in [7, 11) is 0. The van der Waals surface area contributed by atoms with Crippen LogP contribution in [-0.2, 0) is 11.2 Å². The van der Waals surface area contributed by atoms with Crippen molar-refractivity contribution in [2.24, 2.45) is 4.99 Å². The van der Waals surface area contributed by atoms with Crippen molar-refractivity contribution in [2.45, 2.75) is 26.3 Å². The van der Waals surface area contributed by atoms with Crippen molar-refractivity contribution in [3.8, 4) is 0 Å². The number of nitrogens with zero attached hydrogens (tertiary/aromatic N) is 4. The first-order valence-corrected chi connectivity index (χ1v) is 12.2. The van der Waals surface area contributed by atoms with Crippen LogP contribution in [0.2, 0.25) is 5.02 Å². The van der Waals surface area contributed by atoms with Gasteiger partial charge in [-0.25, -0.2) is 9.89 Å². The summed E-state index contributed by atoms with van der Waals surface area (Å²) in [6.45, 7) is 7.44. The number of aliphatic imine (C=N–C) groups is 1. The van der Waals surface area contributed by atoms with Crippen LogP contribution in [0, 0.1) is 13.8 Å². The minimum absolute atomic E-state index is 0.0394. The van der Waals surface area contributed by atoms with Gasteiger partial charge in [0.15, 0.2) is 0 Å². The van der Waals surface area contributed by atoms with Crippen LogP contribution in [0.3, 0.4) is 0 Å². The van der Waals surface area contributed by atoms with Gasteiger partial charge < -0.3 is 9.80 Å². The van der Waals surface area contributed by atoms with E-state index in [-0.39, 0.29) is 5.91 Å². The molecule has 0 saturated carbocycles. The first-order chi connectivity index (χ1) is 16.5. The third kappa shape index (κ3) is 4.53. The largest absolute Gasteiger partial charge is 0.368 e. The van der Waals surface area contributed by atoms with Crippen LogP contribution in [0.25, 0.3) is 0 Å². The average Bonchev–Trinajstić information content (AvgIpc) is 3.17. The van der Waals surface area contributed by atoms with Crippen LogP contribution in [0.1, 0.15) is 16.7 Å². The molecule has 1 amide bonds. The maximum atomic E-state index is 13.6. The number of hydrogen-bond donors (Lipinski definition) is 0. The van der Waals surface area contributed by atoms with Crippen LogP contribution in [0.15, 0.2) is 77.8 Å². The molecule has 0 radical (unpaired) electrons. The normalized spacial score (nSPS) is 18.4. The molecule has 2 heterocycles. The van der Waals surface area contributed by atoms with Crippen molar-refractivity contribution in [1.29, 1.82) is 0 Å². The fraction of sp³-hybridized carbons (Fsp3) is 0.286. The lowest BCUT2D eigenvalue weighted by Crippen LogP contribution is -2.53. The van der Waals surface area contributed by atoms with Gasteiger partial charge in [-0.3, -0.25) is 4.79 Å². The maximum absolute atomic E-state index is 13.6. The number of hydrogen-bond acceptors (Lipinski definition) is 4. The molecule has 5 nitrogen and oxygen atoms in total. The van der Waals surface area contributed by atoms with Crippen molar-refractivity contribution in [3.63, 3.8) is 0 Å². The summed E-state index contributed by atoms with van der Waals surface area (Å²) >= 11 is 6.27. The highest BCUT2D eigenvalue weighted by molar-refractivity contribution is 6.30. The van der Waals surface area contributed by atoms with E-state index < -0.39 is 6.04 Å². The van der Waals surface area contributed by atoms with Crippen molar-refractivity contribution in [1.82, 2.24) is 4.90 Å². The van der Waals surface area contributed by atoms with Gasteiger partial charge in [0.05, 0.1) is 5.69 Å². The maximum Gasteiger partial charge on any atom is 0.259 e. The number of rotatable bonds is 4. The molecule has 0 bridgehead atoms. The van der Waals surface area contributed by atoms with Gasteiger partial charge in [0, 0.05) is 43.3 Å². The molecule has 0 spiro atoms. The van der Waals surface area contributed by atoms with Crippen molar-refractivity contribution in [2.75, 3.05) is 36.0 Å². The van der Waals surface area contributed by atoms with Crippen LogP contribution >= 0.6 is 11.6 Å². The van der Waals surface area contributed by atoms with Gasteiger partial charge in [-0.05, 0) is 54.8 Å². The zero-order chi connectivity index (χ0) is 23.7. The highest BCUT2D eigenvalue weighted by Gasteiger charge is 2.39. The molecule has 174 valence electrons. The van der Waals surface area contributed by atoms with Gasteiger partial charge in [-0.2, -0.15) is 0 Å². The minimum atomic E-state index is -0.411. The number of carbonyl (C=O) groups excluding carboxylic acids is 1. The van der Waals surface area contributed by atoms with Gasteiger partial charge in [0.1, 0.15) is 6.04 Å². The van der Waals surface area contributed by atoms with Crippen LogP contribution in [0.4, 0.5) is 11.4 Å². The van der Waals surface area contributed by atoms with Crippen molar-refractivity contribution in [3.05, 3.63) is 94.5 Å². The molecule has 0 aliphatic carbocycles. The molecular weight excluding hydrogens is 444 g/mol. The number of anilines is 2. The monoisotopic (exact) mass is 472 g/mol. The Bertz CT molecular complexity index is 1220. The number of benzene rings is 3. The number of carbonyl (C=O) groups is 1. The summed E-state index contributed by atoms with van der Waals surface area (Å²) < 4.78 is 0. The van der Waals surface area contributed by atoms with E-state index in [9.17, 15) is 4.79 Å². The van der Waals surface area contributed by atoms with E-state index in [0.29, 0.717) is 6.42 Å². The molecule has 1 saturated heterocycles. The summed E-state index contributed by atoms with van der Waals surface area (Å²) in [5.41, 5.74) is 5.52. The third-order valence-corrected chi connectivity index (χ3v) is 6.82. The average molecular weight is 473 g/mol. The Morgan fingerprint density at radius 1 is 0.882 bits per heavy atom. The number of guanidine groups is 1. The topological polar surface area (TPSA) is 39.2 Å². The fourth-order valence-corrected chi connectivity index (χ4v) is 4.94. The highest BCUT2D eigenvalue weighted by Crippen LogP contribution is 2.29. The van der Waals surface area contributed by atoms with Gasteiger partial charge >= 0.3 is 0 Å². The predicted octanol–water partition coefficient (Wildman–Crippen LogP) is 5.09. The molecule has 1 atom stereocenters. The van der Waals surface area contributed by atoms with E-state index in [0.717, 1.165) is 54.0 Å². The lowest BCUT2D eigenvalue weighted by Gasteiger charge is -2.39. The second-order valence-electron chi connectivity index (χ2n) is 9.05. The second kappa shape index (κ2) is 9.51. The minimum Gasteiger partial charge on any atom is -0.368 e. The molecule has 6 heteroatoms. The zero-order valence-electron chi connectivity index (χ0n) is 19.6. The summed E-state index contributed by atoms with van der Waals surface area (Å²) in [5.74, 6) is 0.802. The van der Waals surface area contributed by atoms with E-state index in [1.807, 2.05) is 47.4 Å². The Hall–Kier alpha value is -3.31.